The number of anilines is 1. The molecule has 6 nitrogen and oxygen atoms in total. The van der Waals surface area contributed by atoms with Gasteiger partial charge in [-0.25, -0.2) is 9.69 Å². The highest BCUT2D eigenvalue weighted by Crippen LogP contribution is 2.30. The Bertz CT molecular complexity index is 1070. The average molecular weight is 387 g/mol. The summed E-state index contributed by atoms with van der Waals surface area (Å²) >= 11 is 0. The fourth-order valence-electron chi connectivity index (χ4n) is 3.05. The van der Waals surface area contributed by atoms with E-state index in [-0.39, 0.29) is 12.4 Å². The van der Waals surface area contributed by atoms with Crippen molar-refractivity contribution in [2.45, 2.75) is 6.92 Å². The van der Waals surface area contributed by atoms with E-state index in [4.69, 9.17) is 9.47 Å². The quantitative estimate of drug-likeness (QED) is 0.378. The monoisotopic (exact) mass is 387 g/mol. The third-order valence-electron chi connectivity index (χ3n) is 4.48. The summed E-state index contributed by atoms with van der Waals surface area (Å²) in [6.45, 7) is 1.69. The van der Waals surface area contributed by atoms with E-state index in [1.807, 2.05) is 19.1 Å². The van der Waals surface area contributed by atoms with Crippen molar-refractivity contribution in [3.63, 3.8) is 0 Å². The van der Waals surface area contributed by atoms with Gasteiger partial charge in [0.1, 0.15) is 11.5 Å². The molecule has 0 atom stereocenters. The third kappa shape index (κ3) is 3.73. The van der Waals surface area contributed by atoms with Gasteiger partial charge in [0.05, 0.1) is 16.8 Å². The molecule has 0 saturated heterocycles. The molecule has 0 spiro atoms. The molecule has 0 aliphatic carbocycles. The van der Waals surface area contributed by atoms with Crippen LogP contribution in [0.3, 0.4) is 0 Å². The minimum absolute atomic E-state index is 0.219. The Labute approximate surface area is 167 Å². The first-order chi connectivity index (χ1) is 14.0. The predicted octanol–water partition coefficient (Wildman–Crippen LogP) is 3.78. The van der Waals surface area contributed by atoms with Gasteiger partial charge in [0.15, 0.2) is 6.61 Å². The van der Waals surface area contributed by atoms with E-state index in [2.05, 4.69) is 0 Å². The Balaban J connectivity index is 1.45. The molecule has 144 valence electrons. The molecule has 1 heterocycles. The summed E-state index contributed by atoms with van der Waals surface area (Å²) < 4.78 is 10.7. The number of ether oxygens (including phenoxy) is 2. The molecule has 3 aromatic rings. The van der Waals surface area contributed by atoms with Gasteiger partial charge in [-0.3, -0.25) is 9.59 Å². The number of hydrogen-bond donors (Lipinski definition) is 0. The fraction of sp³-hybridized carbons (Fsp3) is 0.0870. The van der Waals surface area contributed by atoms with Gasteiger partial charge in [-0.05, 0) is 43.3 Å². The summed E-state index contributed by atoms with van der Waals surface area (Å²) in [5, 5.41) is 0. The topological polar surface area (TPSA) is 72.9 Å². The van der Waals surface area contributed by atoms with Crippen LogP contribution in [-0.4, -0.2) is 24.4 Å². The molecular weight excluding hydrogens is 370 g/mol. The zero-order valence-corrected chi connectivity index (χ0v) is 15.6. The maximum absolute atomic E-state index is 12.6. The van der Waals surface area contributed by atoms with Crippen molar-refractivity contribution in [2.24, 2.45) is 0 Å². The molecule has 4 rings (SSSR count). The lowest BCUT2D eigenvalue weighted by atomic mass is 10.1. The first kappa shape index (κ1) is 18.4. The van der Waals surface area contributed by atoms with Gasteiger partial charge < -0.3 is 9.47 Å². The van der Waals surface area contributed by atoms with E-state index < -0.39 is 17.8 Å². The van der Waals surface area contributed by atoms with Crippen LogP contribution >= 0.6 is 0 Å². The number of hydrogen-bond acceptors (Lipinski definition) is 5. The Morgan fingerprint density at radius 1 is 0.828 bits per heavy atom. The van der Waals surface area contributed by atoms with Crippen LogP contribution in [0.5, 0.6) is 11.5 Å². The van der Waals surface area contributed by atoms with Gasteiger partial charge in [-0.2, -0.15) is 0 Å². The summed E-state index contributed by atoms with van der Waals surface area (Å²) in [5.41, 5.74) is 2.13. The maximum Gasteiger partial charge on any atom is 0.349 e. The normalized spacial score (nSPS) is 12.7. The zero-order valence-electron chi connectivity index (χ0n) is 15.6. The first-order valence-electron chi connectivity index (χ1n) is 9.01. The molecule has 3 aromatic carbocycles. The predicted molar refractivity (Wildman–Crippen MR) is 106 cm³/mol. The van der Waals surface area contributed by atoms with Gasteiger partial charge in [0.2, 0.25) is 0 Å². The summed E-state index contributed by atoms with van der Waals surface area (Å²) in [7, 11) is 0. The van der Waals surface area contributed by atoms with E-state index in [0.717, 1.165) is 10.5 Å². The molecule has 0 N–H and O–H groups in total. The van der Waals surface area contributed by atoms with Crippen LogP contribution in [0.4, 0.5) is 5.69 Å². The minimum Gasteiger partial charge on any atom is -0.482 e. The Hall–Kier alpha value is -3.93. The minimum atomic E-state index is -0.593. The van der Waals surface area contributed by atoms with Gasteiger partial charge in [-0.15, -0.1) is 0 Å². The summed E-state index contributed by atoms with van der Waals surface area (Å²) in [5.74, 6) is -0.623. The number of carbonyl (C=O) groups excluding carboxylic acids is 3. The van der Waals surface area contributed by atoms with Crippen LogP contribution in [-0.2, 0) is 4.79 Å². The fourth-order valence-corrected chi connectivity index (χ4v) is 3.05. The molecule has 1 aliphatic heterocycles. The smallest absolute Gasteiger partial charge is 0.349 e. The molecular formula is C23H17NO5. The molecule has 1 aliphatic rings. The highest BCUT2D eigenvalue weighted by atomic mass is 16.6. The molecule has 0 aromatic heterocycles. The van der Waals surface area contributed by atoms with E-state index in [0.29, 0.717) is 22.6 Å². The Kier molecular flexibility index (Phi) is 4.83. The highest BCUT2D eigenvalue weighted by Gasteiger charge is 2.36. The lowest BCUT2D eigenvalue weighted by molar-refractivity contribution is -0.136. The number of rotatable bonds is 5. The Morgan fingerprint density at radius 2 is 1.48 bits per heavy atom. The molecule has 0 radical (unpaired) electrons. The molecule has 6 heteroatoms. The van der Waals surface area contributed by atoms with Crippen LogP contribution in [0.2, 0.25) is 0 Å². The number of benzene rings is 3. The van der Waals surface area contributed by atoms with Crippen molar-refractivity contribution in [2.75, 3.05) is 11.5 Å². The standard InChI is InChI=1S/C23H17NO5/c1-15-9-11-17(12-10-15)28-14-21(25)29-18-6-4-5-16(13-18)24-22(26)19-7-2-3-8-20(19)23(24)27/h2-13H,14H2,1H3. The van der Waals surface area contributed by atoms with E-state index in [9.17, 15) is 14.4 Å². The molecule has 29 heavy (non-hydrogen) atoms. The number of carbonyl (C=O) groups is 3. The number of esters is 1. The van der Waals surface area contributed by atoms with E-state index >= 15 is 0 Å². The largest absolute Gasteiger partial charge is 0.482 e. The number of nitrogens with zero attached hydrogens (tertiary/aromatic N) is 1. The molecule has 0 unspecified atom stereocenters. The van der Waals surface area contributed by atoms with Crippen LogP contribution in [0.1, 0.15) is 26.3 Å². The number of amides is 2. The van der Waals surface area contributed by atoms with E-state index in [1.54, 1.807) is 54.6 Å². The lowest BCUT2D eigenvalue weighted by Gasteiger charge is -2.15. The van der Waals surface area contributed by atoms with Crippen LogP contribution in [0.15, 0.2) is 72.8 Å². The zero-order chi connectivity index (χ0) is 20.4. The van der Waals surface area contributed by atoms with Crippen LogP contribution < -0.4 is 14.4 Å². The van der Waals surface area contributed by atoms with Gasteiger partial charge in [0.25, 0.3) is 11.8 Å². The summed E-state index contributed by atoms with van der Waals surface area (Å²) in [6, 6.07) is 20.2. The SMILES string of the molecule is Cc1ccc(OCC(=O)Oc2cccc(N3C(=O)c4ccccc4C3=O)c2)cc1. The van der Waals surface area contributed by atoms with E-state index in [1.165, 1.54) is 6.07 Å². The third-order valence-corrected chi connectivity index (χ3v) is 4.48. The van der Waals surface area contributed by atoms with Crippen molar-refractivity contribution in [1.82, 2.24) is 0 Å². The van der Waals surface area contributed by atoms with Crippen molar-refractivity contribution in [1.29, 1.82) is 0 Å². The Morgan fingerprint density at radius 3 is 2.14 bits per heavy atom. The summed E-state index contributed by atoms with van der Waals surface area (Å²) in [6.07, 6.45) is 0. The van der Waals surface area contributed by atoms with Crippen molar-refractivity contribution in [3.8, 4) is 11.5 Å². The molecule has 2 amide bonds. The van der Waals surface area contributed by atoms with Crippen LogP contribution in [0.25, 0.3) is 0 Å². The number of aryl methyl sites for hydroxylation is 1. The average Bonchev–Trinajstić information content (AvgIpc) is 2.98. The van der Waals surface area contributed by atoms with Gasteiger partial charge in [0, 0.05) is 6.07 Å². The van der Waals surface area contributed by atoms with Gasteiger partial charge >= 0.3 is 5.97 Å². The molecule has 0 bridgehead atoms. The number of fused-ring (bicyclic) bond motifs is 1. The van der Waals surface area contributed by atoms with Gasteiger partial charge in [-0.1, -0.05) is 35.9 Å². The highest BCUT2D eigenvalue weighted by molar-refractivity contribution is 6.34. The second-order valence-electron chi connectivity index (χ2n) is 6.56. The molecule has 0 fully saturated rings. The van der Waals surface area contributed by atoms with Crippen molar-refractivity contribution in [3.05, 3.63) is 89.5 Å². The first-order valence-corrected chi connectivity index (χ1v) is 9.01. The van der Waals surface area contributed by atoms with Crippen LogP contribution in [0, 0.1) is 6.92 Å². The maximum atomic E-state index is 12.6. The number of imide groups is 1. The lowest BCUT2D eigenvalue weighted by Crippen LogP contribution is -2.29. The summed E-state index contributed by atoms with van der Waals surface area (Å²) in [4.78, 5) is 38.4. The van der Waals surface area contributed by atoms with Crippen molar-refractivity contribution >= 4 is 23.5 Å². The second kappa shape index (κ2) is 7.59. The molecule has 0 saturated carbocycles. The second-order valence-corrected chi connectivity index (χ2v) is 6.56. The van der Waals surface area contributed by atoms with Crippen molar-refractivity contribution < 1.29 is 23.9 Å².